The van der Waals surface area contributed by atoms with E-state index in [2.05, 4.69) is 15.4 Å². The van der Waals surface area contributed by atoms with Crippen molar-refractivity contribution in [2.75, 3.05) is 13.2 Å². The van der Waals surface area contributed by atoms with Crippen LogP contribution in [-0.2, 0) is 17.7 Å². The Morgan fingerprint density at radius 2 is 1.54 bits per heavy atom. The predicted molar refractivity (Wildman–Crippen MR) is 178 cm³/mol. The Balaban J connectivity index is 1.38. The SMILES string of the molecule is O=C1c2c(c3c4ccc(O)cc4n(C4OC(CO)C(O)C(O)C4O)c3c3[nH]c4cc(O)ccc4c23)C(=O)N1NCc1cncc(CCCO)c1. The van der Waals surface area contributed by atoms with E-state index in [1.54, 1.807) is 24.5 Å². The Labute approximate surface area is 282 Å². The topological polar surface area (TPSA) is 234 Å². The average molecular weight is 684 g/mol. The maximum absolute atomic E-state index is 14.5. The van der Waals surface area contributed by atoms with Crippen LogP contribution in [0, 0.1) is 0 Å². The summed E-state index contributed by atoms with van der Waals surface area (Å²) in [5.41, 5.74) is 5.95. The number of nitrogens with zero attached hydrogens (tertiary/aromatic N) is 3. The van der Waals surface area contributed by atoms with Gasteiger partial charge in [0.2, 0.25) is 0 Å². The molecule has 6 aromatic rings. The standard InChI is InChI=1S/C35H33N5O10/c41-7-1-2-15-8-16(12-36-11-15)13-37-40-33(48)26-24-19-5-3-17(43)9-21(19)38-28(24)29-25(27(26)34(40)49)20-6-4-18(44)10-22(20)39(29)35-32(47)31(46)30(45)23(14-42)50-35/h3-6,8-12,23,30-32,35,37-38,41-47H,1-2,7,13-14H2. The van der Waals surface area contributed by atoms with E-state index in [0.29, 0.717) is 45.6 Å². The van der Waals surface area contributed by atoms with Crippen LogP contribution in [-0.4, -0.2) is 105 Å². The number of carbonyl (C=O) groups excluding carboxylic acids is 2. The number of amides is 2. The fourth-order valence-electron chi connectivity index (χ4n) is 7.35. The molecule has 8 rings (SSSR count). The molecule has 1 saturated heterocycles. The lowest BCUT2D eigenvalue weighted by Gasteiger charge is -2.41. The molecule has 9 N–H and O–H groups in total. The Morgan fingerprint density at radius 1 is 0.840 bits per heavy atom. The number of carbonyl (C=O) groups is 2. The second kappa shape index (κ2) is 12.0. The van der Waals surface area contributed by atoms with Gasteiger partial charge in [0.05, 0.1) is 39.8 Å². The van der Waals surface area contributed by atoms with E-state index in [-0.39, 0.29) is 52.2 Å². The molecule has 2 aliphatic heterocycles. The van der Waals surface area contributed by atoms with Crippen LogP contribution in [0.4, 0.5) is 0 Å². The summed E-state index contributed by atoms with van der Waals surface area (Å²) < 4.78 is 7.48. The number of aryl methyl sites for hydroxylation is 1. The second-order valence-electron chi connectivity index (χ2n) is 12.7. The molecule has 5 heterocycles. The molecule has 3 aromatic carbocycles. The molecular weight excluding hydrogens is 650 g/mol. The number of hydrazine groups is 1. The highest BCUT2D eigenvalue weighted by Gasteiger charge is 2.47. The average Bonchev–Trinajstić information content (AvgIpc) is 3.72. The molecule has 0 aliphatic carbocycles. The fourth-order valence-corrected chi connectivity index (χ4v) is 7.35. The quantitative estimate of drug-likeness (QED) is 0.104. The summed E-state index contributed by atoms with van der Waals surface area (Å²) in [5.74, 6) is -1.53. The van der Waals surface area contributed by atoms with E-state index >= 15 is 0 Å². The smallest absolute Gasteiger partial charge is 0.276 e. The van der Waals surface area contributed by atoms with Crippen molar-refractivity contribution in [3.8, 4) is 11.5 Å². The molecule has 2 amide bonds. The molecule has 0 radical (unpaired) electrons. The van der Waals surface area contributed by atoms with Gasteiger partial charge in [-0.2, -0.15) is 0 Å². The van der Waals surface area contributed by atoms with Gasteiger partial charge in [0.1, 0.15) is 35.9 Å². The number of aromatic hydroxyl groups is 2. The number of hydrogen-bond acceptors (Lipinski definition) is 12. The zero-order valence-electron chi connectivity index (χ0n) is 26.3. The molecular formula is C35H33N5O10. The zero-order chi connectivity index (χ0) is 35.0. The van der Waals surface area contributed by atoms with Gasteiger partial charge in [-0.05, 0) is 48.2 Å². The van der Waals surface area contributed by atoms with Gasteiger partial charge in [0.15, 0.2) is 6.23 Å². The number of H-pyrrole nitrogens is 1. The van der Waals surface area contributed by atoms with E-state index in [1.807, 2.05) is 6.07 Å². The molecule has 5 unspecified atom stereocenters. The third-order valence-corrected chi connectivity index (χ3v) is 9.63. The fraction of sp³-hybridized carbons (Fsp3) is 0.286. The second-order valence-corrected chi connectivity index (χ2v) is 12.7. The number of hydrogen-bond donors (Lipinski definition) is 9. The Morgan fingerprint density at radius 3 is 2.28 bits per heavy atom. The van der Waals surface area contributed by atoms with Gasteiger partial charge in [-0.1, -0.05) is 6.07 Å². The molecule has 0 bridgehead atoms. The summed E-state index contributed by atoms with van der Waals surface area (Å²) in [7, 11) is 0. The number of nitrogens with one attached hydrogen (secondary N) is 2. The number of aromatic amines is 1. The molecule has 258 valence electrons. The van der Waals surface area contributed by atoms with Crippen LogP contribution in [0.1, 0.15) is 44.5 Å². The van der Waals surface area contributed by atoms with E-state index in [0.717, 1.165) is 10.6 Å². The minimum absolute atomic E-state index is 0.0281. The number of aliphatic hydroxyl groups is 5. The first kappa shape index (κ1) is 32.1. The molecule has 15 nitrogen and oxygen atoms in total. The van der Waals surface area contributed by atoms with Crippen molar-refractivity contribution in [1.82, 2.24) is 25.0 Å². The first-order valence-corrected chi connectivity index (χ1v) is 16.1. The summed E-state index contributed by atoms with van der Waals surface area (Å²) >= 11 is 0. The number of pyridine rings is 1. The van der Waals surface area contributed by atoms with Gasteiger partial charge in [0, 0.05) is 59.2 Å². The Bertz CT molecular complexity index is 2350. The van der Waals surface area contributed by atoms with Crippen LogP contribution in [0.3, 0.4) is 0 Å². The van der Waals surface area contributed by atoms with Crippen molar-refractivity contribution in [3.05, 3.63) is 77.1 Å². The minimum atomic E-state index is -1.74. The molecule has 2 aliphatic rings. The van der Waals surface area contributed by atoms with Gasteiger partial charge >= 0.3 is 0 Å². The first-order valence-electron chi connectivity index (χ1n) is 16.1. The molecule has 3 aromatic heterocycles. The lowest BCUT2D eigenvalue weighted by Crippen LogP contribution is -2.56. The number of aromatic nitrogens is 3. The highest BCUT2D eigenvalue weighted by atomic mass is 16.6. The molecule has 5 atom stereocenters. The molecule has 0 spiro atoms. The van der Waals surface area contributed by atoms with Gasteiger partial charge in [-0.15, -0.1) is 0 Å². The number of phenolic OH excluding ortho intramolecular Hbond substituents is 2. The van der Waals surface area contributed by atoms with Gasteiger partial charge in [-0.25, -0.2) is 10.4 Å². The van der Waals surface area contributed by atoms with Crippen molar-refractivity contribution in [3.63, 3.8) is 0 Å². The lowest BCUT2D eigenvalue weighted by molar-refractivity contribution is -0.249. The number of fused-ring (bicyclic) bond motifs is 10. The summed E-state index contributed by atoms with van der Waals surface area (Å²) in [5, 5.41) is 75.3. The lowest BCUT2D eigenvalue weighted by atomic mass is 9.96. The maximum Gasteiger partial charge on any atom is 0.276 e. The highest BCUT2D eigenvalue weighted by Crippen LogP contribution is 2.48. The monoisotopic (exact) mass is 683 g/mol. The van der Waals surface area contributed by atoms with E-state index in [9.17, 15) is 45.3 Å². The van der Waals surface area contributed by atoms with Gasteiger partial charge in [0.25, 0.3) is 11.8 Å². The normalized spacial score (nSPS) is 22.5. The van der Waals surface area contributed by atoms with Gasteiger partial charge < -0.3 is 50.0 Å². The predicted octanol–water partition coefficient (Wildman–Crippen LogP) is 1.43. The highest BCUT2D eigenvalue weighted by molar-refractivity contribution is 6.39. The molecule has 15 heteroatoms. The number of rotatable bonds is 8. The molecule has 0 saturated carbocycles. The Hall–Kier alpha value is -5.13. The summed E-state index contributed by atoms with van der Waals surface area (Å²) in [6.45, 7) is -0.589. The van der Waals surface area contributed by atoms with Crippen molar-refractivity contribution >= 4 is 55.4 Å². The largest absolute Gasteiger partial charge is 0.508 e. The minimum Gasteiger partial charge on any atom is -0.508 e. The van der Waals surface area contributed by atoms with Crippen LogP contribution in [0.5, 0.6) is 11.5 Å². The molecule has 50 heavy (non-hydrogen) atoms. The molecule has 1 fully saturated rings. The first-order chi connectivity index (χ1) is 24.1. The van der Waals surface area contributed by atoms with Crippen molar-refractivity contribution in [2.45, 2.75) is 50.0 Å². The summed E-state index contributed by atoms with van der Waals surface area (Å²) in [4.78, 5) is 36.3. The van der Waals surface area contributed by atoms with Crippen LogP contribution in [0.2, 0.25) is 0 Å². The summed E-state index contributed by atoms with van der Waals surface area (Å²) in [6, 6.07) is 10.8. The van der Waals surface area contributed by atoms with Crippen molar-refractivity contribution in [2.24, 2.45) is 0 Å². The number of ether oxygens (including phenoxy) is 1. The number of benzene rings is 3. The van der Waals surface area contributed by atoms with Crippen LogP contribution < -0.4 is 5.43 Å². The Kier molecular flexibility index (Phi) is 7.72. The third kappa shape index (κ3) is 4.74. The van der Waals surface area contributed by atoms with E-state index < -0.39 is 49.1 Å². The number of phenols is 2. The zero-order valence-corrected chi connectivity index (χ0v) is 26.3. The van der Waals surface area contributed by atoms with Gasteiger partial charge in [-0.3, -0.25) is 14.6 Å². The van der Waals surface area contributed by atoms with Crippen LogP contribution in [0.25, 0.3) is 43.6 Å². The summed E-state index contributed by atoms with van der Waals surface area (Å²) in [6.07, 6.45) is -3.37. The van der Waals surface area contributed by atoms with E-state index in [1.165, 1.54) is 28.8 Å². The maximum atomic E-state index is 14.5. The third-order valence-electron chi connectivity index (χ3n) is 9.63. The van der Waals surface area contributed by atoms with Crippen molar-refractivity contribution in [1.29, 1.82) is 0 Å². The number of aliphatic hydroxyl groups excluding tert-OH is 5. The van der Waals surface area contributed by atoms with Crippen LogP contribution >= 0.6 is 0 Å². The van der Waals surface area contributed by atoms with Crippen molar-refractivity contribution < 1.29 is 50.1 Å². The van der Waals surface area contributed by atoms with Crippen LogP contribution in [0.15, 0.2) is 54.9 Å². The van der Waals surface area contributed by atoms with E-state index in [4.69, 9.17) is 4.74 Å². The number of imide groups is 1.